The lowest BCUT2D eigenvalue weighted by molar-refractivity contribution is -0.0561. The molecule has 0 spiro atoms. The van der Waals surface area contributed by atoms with E-state index in [9.17, 15) is 13.9 Å². The SMILES string of the molecule is Nc1ncnc2c1ncn2[C@H]1CC2OP(=O)(S)OC[C@@H]3C[C@@H](O[P@@](=O)(S)OC[C@H]2O1)[C@H](n1c(=O)sc2c(N)ncnc21)O3. The Morgan fingerprint density at radius 2 is 1.56 bits per heavy atom. The topological polar surface area (TPSA) is 233 Å². The molecule has 2 unspecified atom stereocenters. The first kappa shape index (κ1) is 29.5. The molecule has 4 N–H and O–H groups in total. The fraction of sp³-hybridized carbons (Fsp3) is 0.500. The summed E-state index contributed by atoms with van der Waals surface area (Å²) in [4.78, 5) is 33.1. The third-order valence-electron chi connectivity index (χ3n) is 7.07. The second-order valence-electron chi connectivity index (χ2n) is 9.80. The predicted molar refractivity (Wildman–Crippen MR) is 158 cm³/mol. The number of fused-ring (bicyclic) bond motifs is 5. The van der Waals surface area contributed by atoms with Gasteiger partial charge in [0.05, 0.1) is 25.6 Å². The van der Waals surface area contributed by atoms with Gasteiger partial charge >= 0.3 is 18.5 Å². The average molecular weight is 692 g/mol. The molecule has 4 aromatic heterocycles. The van der Waals surface area contributed by atoms with Crippen molar-refractivity contribution in [1.29, 1.82) is 0 Å². The lowest BCUT2D eigenvalue weighted by Crippen LogP contribution is -2.30. The van der Waals surface area contributed by atoms with Crippen LogP contribution in [0.5, 0.6) is 0 Å². The van der Waals surface area contributed by atoms with E-state index in [4.69, 9.17) is 39.0 Å². The van der Waals surface area contributed by atoms with Crippen LogP contribution < -0.4 is 16.3 Å². The molecule has 8 atom stereocenters. The molecule has 3 aliphatic rings. The van der Waals surface area contributed by atoms with Crippen molar-refractivity contribution in [2.75, 3.05) is 24.7 Å². The van der Waals surface area contributed by atoms with Gasteiger partial charge in [-0.3, -0.25) is 32.0 Å². The van der Waals surface area contributed by atoms with Crippen molar-refractivity contribution in [3.8, 4) is 0 Å². The van der Waals surface area contributed by atoms with Gasteiger partial charge in [-0.1, -0.05) is 35.8 Å². The monoisotopic (exact) mass is 691 g/mol. The average Bonchev–Trinajstić information content (AvgIpc) is 3.71. The third kappa shape index (κ3) is 5.61. The number of nitrogen functional groups attached to an aromatic ring is 2. The summed E-state index contributed by atoms with van der Waals surface area (Å²) in [5.41, 5.74) is 12.8. The van der Waals surface area contributed by atoms with E-state index in [-0.39, 0.29) is 43.3 Å². The Morgan fingerprint density at radius 3 is 2.35 bits per heavy atom. The molecule has 0 aliphatic carbocycles. The van der Waals surface area contributed by atoms with Gasteiger partial charge in [-0.25, -0.2) is 34.0 Å². The van der Waals surface area contributed by atoms with Crippen molar-refractivity contribution in [3.63, 3.8) is 0 Å². The van der Waals surface area contributed by atoms with Crippen LogP contribution in [0.25, 0.3) is 21.5 Å². The normalized spacial score (nSPS) is 35.4. The zero-order chi connectivity index (χ0) is 30.1. The molecule has 43 heavy (non-hydrogen) atoms. The van der Waals surface area contributed by atoms with Crippen molar-refractivity contribution >= 4 is 82.6 Å². The molecule has 3 fully saturated rings. The Balaban J connectivity index is 1.18. The highest BCUT2D eigenvalue weighted by molar-refractivity contribution is 8.44. The first-order valence-electron chi connectivity index (χ1n) is 12.6. The van der Waals surface area contributed by atoms with Crippen LogP contribution in [-0.4, -0.2) is 71.7 Å². The van der Waals surface area contributed by atoms with Crippen LogP contribution in [0.4, 0.5) is 11.6 Å². The second-order valence-corrected chi connectivity index (χ2v) is 16.5. The van der Waals surface area contributed by atoms with E-state index < -0.39 is 55.3 Å². The van der Waals surface area contributed by atoms with Crippen molar-refractivity contribution < 1.29 is 36.7 Å². The van der Waals surface area contributed by atoms with E-state index in [1.54, 1.807) is 4.57 Å². The number of imidazole rings is 1. The quantitative estimate of drug-likeness (QED) is 0.174. The summed E-state index contributed by atoms with van der Waals surface area (Å²) >= 11 is 9.17. The minimum atomic E-state index is -4.11. The maximum Gasteiger partial charge on any atom is 0.386 e. The number of hydrogen-bond donors (Lipinski definition) is 4. The minimum absolute atomic E-state index is 0.0703. The Bertz CT molecular complexity index is 1870. The molecule has 0 radical (unpaired) electrons. The van der Waals surface area contributed by atoms with Crippen LogP contribution in [0, 0.1) is 0 Å². The highest BCUT2D eigenvalue weighted by Crippen LogP contribution is 2.60. The summed E-state index contributed by atoms with van der Waals surface area (Å²) < 4.78 is 65.1. The first-order valence-corrected chi connectivity index (χ1v) is 18.9. The van der Waals surface area contributed by atoms with Crippen molar-refractivity contribution in [2.45, 2.75) is 49.7 Å². The molecule has 3 saturated heterocycles. The maximum absolute atomic E-state index is 13.5. The lowest BCUT2D eigenvalue weighted by Gasteiger charge is -2.25. The molecule has 0 amide bonds. The summed E-state index contributed by atoms with van der Waals surface area (Å²) in [5.74, 6) is 0.304. The van der Waals surface area contributed by atoms with Crippen LogP contribution in [0.15, 0.2) is 23.8 Å². The Hall–Kier alpha value is -2.16. The maximum atomic E-state index is 13.5. The molecule has 0 saturated carbocycles. The highest BCUT2D eigenvalue weighted by Gasteiger charge is 2.47. The minimum Gasteiger partial charge on any atom is -0.382 e. The smallest absolute Gasteiger partial charge is 0.382 e. The van der Waals surface area contributed by atoms with E-state index in [0.717, 1.165) is 11.3 Å². The van der Waals surface area contributed by atoms with Gasteiger partial charge in [0, 0.05) is 12.8 Å². The van der Waals surface area contributed by atoms with Crippen molar-refractivity contribution in [3.05, 3.63) is 28.6 Å². The van der Waals surface area contributed by atoms with E-state index in [1.807, 2.05) is 0 Å². The number of thiazole rings is 1. The molecule has 3 aliphatic heterocycles. The van der Waals surface area contributed by atoms with Gasteiger partial charge < -0.3 is 20.9 Å². The second kappa shape index (κ2) is 11.0. The fourth-order valence-electron chi connectivity index (χ4n) is 5.20. The summed E-state index contributed by atoms with van der Waals surface area (Å²) in [6.07, 6.45) is -1.23. The van der Waals surface area contributed by atoms with Crippen LogP contribution in [0.1, 0.15) is 25.3 Å². The van der Waals surface area contributed by atoms with Gasteiger partial charge in [0.25, 0.3) is 0 Å². The molecular weight excluding hydrogens is 668 g/mol. The van der Waals surface area contributed by atoms with Crippen LogP contribution in [0.2, 0.25) is 0 Å². The van der Waals surface area contributed by atoms with Gasteiger partial charge in [-0.15, -0.1) is 0 Å². The van der Waals surface area contributed by atoms with Crippen molar-refractivity contribution in [2.24, 2.45) is 0 Å². The molecule has 23 heteroatoms. The molecule has 7 rings (SSSR count). The van der Waals surface area contributed by atoms with Crippen molar-refractivity contribution in [1.82, 2.24) is 34.1 Å². The third-order valence-corrected chi connectivity index (χ3v) is 11.3. The molecule has 2 bridgehead atoms. The van der Waals surface area contributed by atoms with Crippen LogP contribution in [0.3, 0.4) is 0 Å². The molecule has 7 heterocycles. The van der Waals surface area contributed by atoms with Gasteiger partial charge in [-0.2, -0.15) is 0 Å². The largest absolute Gasteiger partial charge is 0.386 e. The Kier molecular flexibility index (Phi) is 7.57. The van der Waals surface area contributed by atoms with E-state index in [0.29, 0.717) is 15.9 Å². The highest BCUT2D eigenvalue weighted by atomic mass is 32.7. The Morgan fingerprint density at radius 1 is 0.860 bits per heavy atom. The number of thiol groups is 2. The Labute approximate surface area is 255 Å². The number of nitrogens with zero attached hydrogens (tertiary/aromatic N) is 7. The number of ether oxygens (including phenoxy) is 2. The van der Waals surface area contributed by atoms with E-state index in [1.165, 1.54) is 23.5 Å². The fourth-order valence-corrected chi connectivity index (χ4v) is 9.10. The standard InChI is InChI=1S/C20H23N9O9P2S3/c21-15-13-17(25-5-23-15)28(7-27-13)12-2-9-11(36-12)4-34-40(32,42)38-10-1-8(3-33-39(31,41)37-9)35-19(10)29-18-14(43-20(29)30)16(22)24-6-26-18/h5-12,19H,1-4H2,(H,31,41)(H,32,42)(H2,21,23,25)(H2,22,24,26)/t8-,9?,10+,11+,12+,19+,39?,40-/m0/s1. The van der Waals surface area contributed by atoms with Crippen LogP contribution in [-0.2, 0) is 36.7 Å². The van der Waals surface area contributed by atoms with Gasteiger partial charge in [0.1, 0.15) is 53.2 Å². The molecule has 18 nitrogen and oxygen atoms in total. The molecule has 230 valence electrons. The number of aromatic nitrogens is 7. The summed E-state index contributed by atoms with van der Waals surface area (Å²) in [6, 6.07) is 0. The molecule has 4 aromatic rings. The zero-order valence-corrected chi connectivity index (χ0v) is 26.1. The van der Waals surface area contributed by atoms with E-state index in [2.05, 4.69) is 49.4 Å². The van der Waals surface area contributed by atoms with Gasteiger partial charge in [-0.05, 0) is 0 Å². The molecule has 0 aromatic carbocycles. The number of anilines is 2. The van der Waals surface area contributed by atoms with Gasteiger partial charge in [0.2, 0.25) is 0 Å². The molecular formula is C20H23N9O9P2S3. The first-order chi connectivity index (χ1) is 20.5. The van der Waals surface area contributed by atoms with Crippen LogP contribution >= 0.6 is 49.4 Å². The number of nitrogens with two attached hydrogens (primary N) is 2. The number of rotatable bonds is 2. The number of hydrogen-bond acceptors (Lipinski definition) is 17. The van der Waals surface area contributed by atoms with Gasteiger partial charge in [0.15, 0.2) is 23.3 Å². The van der Waals surface area contributed by atoms with E-state index >= 15 is 0 Å². The summed E-state index contributed by atoms with van der Waals surface area (Å²) in [7, 11) is 0. The zero-order valence-electron chi connectivity index (χ0n) is 21.7. The predicted octanol–water partition coefficient (Wildman–Crippen LogP) is 2.33. The lowest BCUT2D eigenvalue weighted by atomic mass is 10.2. The summed E-state index contributed by atoms with van der Waals surface area (Å²) in [5, 5.41) is 0. The summed E-state index contributed by atoms with van der Waals surface area (Å²) in [6.45, 7) is -8.71.